The second-order valence-electron chi connectivity index (χ2n) is 8.65. The van der Waals surface area contributed by atoms with Gasteiger partial charge in [0.25, 0.3) is 0 Å². The predicted molar refractivity (Wildman–Crippen MR) is 98.1 cm³/mol. The molecule has 0 aromatic rings. The first kappa shape index (κ1) is 19.5. The average molecular weight is 340 g/mol. The fourth-order valence-electron chi connectivity index (χ4n) is 4.28. The van der Waals surface area contributed by atoms with Crippen LogP contribution in [0.1, 0.15) is 72.1 Å². The van der Waals surface area contributed by atoms with Crippen molar-refractivity contribution < 1.29 is 9.90 Å². The molecule has 0 aromatic carbocycles. The molecule has 0 spiro atoms. The Labute approximate surface area is 147 Å². The van der Waals surface area contributed by atoms with E-state index in [9.17, 15) is 9.90 Å². The molecule has 0 bridgehead atoms. The van der Waals surface area contributed by atoms with Crippen molar-refractivity contribution in [3.63, 3.8) is 0 Å². The van der Waals surface area contributed by atoms with Gasteiger partial charge in [-0.3, -0.25) is 0 Å². The van der Waals surface area contributed by atoms with E-state index in [-0.39, 0.29) is 17.6 Å². The lowest BCUT2D eigenvalue weighted by molar-refractivity contribution is 0.115. The van der Waals surface area contributed by atoms with Gasteiger partial charge >= 0.3 is 6.03 Å². The molecule has 1 atom stereocenters. The second-order valence-corrected chi connectivity index (χ2v) is 8.65. The minimum atomic E-state index is -0.339. The van der Waals surface area contributed by atoms with Crippen molar-refractivity contribution in [2.45, 2.75) is 90.3 Å². The SMILES string of the molecule is CC(O)CC(C)(C)CNC(=O)NC1CCN(C2CCCCC2)CC1. The summed E-state index contributed by atoms with van der Waals surface area (Å²) in [6, 6.07) is 1.02. The molecule has 1 saturated carbocycles. The Hall–Kier alpha value is -0.810. The van der Waals surface area contributed by atoms with Crippen LogP contribution in [-0.2, 0) is 0 Å². The number of amides is 2. The maximum absolute atomic E-state index is 12.1. The molecule has 1 heterocycles. The number of nitrogens with zero attached hydrogens (tertiary/aromatic N) is 1. The Balaban J connectivity index is 1.65. The Morgan fingerprint density at radius 2 is 1.79 bits per heavy atom. The highest BCUT2D eigenvalue weighted by atomic mass is 16.3. The first-order chi connectivity index (χ1) is 11.4. The molecule has 0 aromatic heterocycles. The zero-order valence-electron chi connectivity index (χ0n) is 15.8. The van der Waals surface area contributed by atoms with Crippen LogP contribution in [0.5, 0.6) is 0 Å². The van der Waals surface area contributed by atoms with Gasteiger partial charge in [-0.1, -0.05) is 33.1 Å². The fourth-order valence-corrected chi connectivity index (χ4v) is 4.28. The van der Waals surface area contributed by atoms with Gasteiger partial charge in [-0.15, -0.1) is 0 Å². The molecule has 1 aliphatic carbocycles. The van der Waals surface area contributed by atoms with Crippen LogP contribution in [0.4, 0.5) is 4.79 Å². The number of likely N-dealkylation sites (tertiary alicyclic amines) is 1. The van der Waals surface area contributed by atoms with E-state index in [0.29, 0.717) is 19.0 Å². The van der Waals surface area contributed by atoms with Crippen molar-refractivity contribution in [2.24, 2.45) is 5.41 Å². The van der Waals surface area contributed by atoms with Crippen LogP contribution in [-0.4, -0.2) is 53.9 Å². The van der Waals surface area contributed by atoms with Gasteiger partial charge in [0.2, 0.25) is 0 Å². The zero-order chi connectivity index (χ0) is 17.6. The largest absolute Gasteiger partial charge is 0.393 e. The van der Waals surface area contributed by atoms with Gasteiger partial charge in [-0.2, -0.15) is 0 Å². The minimum absolute atomic E-state index is 0.0650. The maximum Gasteiger partial charge on any atom is 0.315 e. The molecule has 1 unspecified atom stereocenters. The summed E-state index contributed by atoms with van der Waals surface area (Å²) in [5.74, 6) is 0. The molecule has 1 aliphatic heterocycles. The number of aliphatic hydroxyl groups excluding tert-OH is 1. The normalized spacial score (nSPS) is 23.0. The number of piperidine rings is 1. The summed E-state index contributed by atoms with van der Waals surface area (Å²) in [5, 5.41) is 15.6. The van der Waals surface area contributed by atoms with Gasteiger partial charge in [-0.25, -0.2) is 4.79 Å². The third-order valence-electron chi connectivity index (χ3n) is 5.53. The van der Waals surface area contributed by atoms with Crippen LogP contribution < -0.4 is 10.6 Å². The summed E-state index contributed by atoms with van der Waals surface area (Å²) in [6.45, 7) is 8.75. The lowest BCUT2D eigenvalue weighted by Crippen LogP contribution is -2.51. The molecule has 140 valence electrons. The molecule has 2 fully saturated rings. The van der Waals surface area contributed by atoms with E-state index in [1.54, 1.807) is 6.92 Å². The van der Waals surface area contributed by atoms with E-state index >= 15 is 0 Å². The van der Waals surface area contributed by atoms with Crippen LogP contribution in [0.3, 0.4) is 0 Å². The first-order valence-corrected chi connectivity index (χ1v) is 9.82. The molecule has 5 heteroatoms. The van der Waals surface area contributed by atoms with Crippen LogP contribution in [0.15, 0.2) is 0 Å². The summed E-state index contributed by atoms with van der Waals surface area (Å²) < 4.78 is 0. The Bertz CT molecular complexity index is 384. The second kappa shape index (κ2) is 9.04. The van der Waals surface area contributed by atoms with Crippen molar-refractivity contribution in [3.05, 3.63) is 0 Å². The predicted octanol–water partition coefficient (Wildman–Crippen LogP) is 2.88. The summed E-state index contributed by atoms with van der Waals surface area (Å²) in [6.07, 6.45) is 9.35. The van der Waals surface area contributed by atoms with Gasteiger partial charge in [0.15, 0.2) is 0 Å². The zero-order valence-corrected chi connectivity index (χ0v) is 15.8. The Morgan fingerprint density at radius 1 is 1.17 bits per heavy atom. The summed E-state index contributed by atoms with van der Waals surface area (Å²) in [5.41, 5.74) is -0.0874. The lowest BCUT2D eigenvalue weighted by atomic mass is 9.87. The third kappa shape index (κ3) is 6.60. The molecule has 2 amide bonds. The number of nitrogens with one attached hydrogen (secondary N) is 2. The van der Waals surface area contributed by atoms with Crippen LogP contribution in [0.2, 0.25) is 0 Å². The summed E-state index contributed by atoms with van der Waals surface area (Å²) in [7, 11) is 0. The van der Waals surface area contributed by atoms with Crippen molar-refractivity contribution in [1.82, 2.24) is 15.5 Å². The number of aliphatic hydroxyl groups is 1. The van der Waals surface area contributed by atoms with Gasteiger partial charge in [0.1, 0.15) is 0 Å². The molecule has 24 heavy (non-hydrogen) atoms. The van der Waals surface area contributed by atoms with Crippen LogP contribution in [0, 0.1) is 5.41 Å². The Morgan fingerprint density at radius 3 is 2.38 bits per heavy atom. The van der Waals surface area contributed by atoms with Gasteiger partial charge in [0, 0.05) is 31.7 Å². The van der Waals surface area contributed by atoms with Crippen molar-refractivity contribution in [1.29, 1.82) is 0 Å². The molecular formula is C19H37N3O2. The molecular weight excluding hydrogens is 302 g/mol. The van der Waals surface area contributed by atoms with Gasteiger partial charge in [0.05, 0.1) is 6.10 Å². The molecule has 0 radical (unpaired) electrons. The van der Waals surface area contributed by atoms with Gasteiger partial charge < -0.3 is 20.6 Å². The van der Waals surface area contributed by atoms with Crippen LogP contribution in [0.25, 0.3) is 0 Å². The van der Waals surface area contributed by atoms with E-state index in [1.807, 2.05) is 0 Å². The average Bonchev–Trinajstić information content (AvgIpc) is 2.53. The molecule has 3 N–H and O–H groups in total. The summed E-state index contributed by atoms with van der Waals surface area (Å²) >= 11 is 0. The lowest BCUT2D eigenvalue weighted by Gasteiger charge is -2.39. The van der Waals surface area contributed by atoms with Crippen molar-refractivity contribution in [3.8, 4) is 0 Å². The standard InChI is InChI=1S/C19H37N3O2/c1-15(23)13-19(2,3)14-20-18(24)21-16-9-11-22(12-10-16)17-7-5-4-6-8-17/h15-17,23H,4-14H2,1-3H3,(H2,20,21,24). The fraction of sp³-hybridized carbons (Fsp3) is 0.947. The highest BCUT2D eigenvalue weighted by molar-refractivity contribution is 5.74. The van der Waals surface area contributed by atoms with E-state index in [4.69, 9.17) is 0 Å². The van der Waals surface area contributed by atoms with E-state index < -0.39 is 0 Å². The number of rotatable bonds is 6. The van der Waals surface area contributed by atoms with Crippen LogP contribution >= 0.6 is 0 Å². The number of hydrogen-bond acceptors (Lipinski definition) is 3. The van der Waals surface area contributed by atoms with E-state index in [2.05, 4.69) is 29.4 Å². The van der Waals surface area contributed by atoms with E-state index in [0.717, 1.165) is 32.0 Å². The molecule has 5 nitrogen and oxygen atoms in total. The monoisotopic (exact) mass is 339 g/mol. The molecule has 2 rings (SSSR count). The number of hydrogen-bond donors (Lipinski definition) is 3. The number of urea groups is 1. The Kier molecular flexibility index (Phi) is 7.35. The van der Waals surface area contributed by atoms with Gasteiger partial charge in [-0.05, 0) is 44.4 Å². The quantitative estimate of drug-likeness (QED) is 0.697. The molecule has 2 aliphatic rings. The first-order valence-electron chi connectivity index (χ1n) is 9.82. The number of carbonyl (C=O) groups is 1. The highest BCUT2D eigenvalue weighted by Gasteiger charge is 2.27. The third-order valence-corrected chi connectivity index (χ3v) is 5.53. The summed E-state index contributed by atoms with van der Waals surface area (Å²) in [4.78, 5) is 14.8. The smallest absolute Gasteiger partial charge is 0.315 e. The highest BCUT2D eigenvalue weighted by Crippen LogP contribution is 2.25. The minimum Gasteiger partial charge on any atom is -0.393 e. The van der Waals surface area contributed by atoms with Crippen molar-refractivity contribution >= 4 is 6.03 Å². The maximum atomic E-state index is 12.1. The van der Waals surface area contributed by atoms with E-state index in [1.165, 1.54) is 32.1 Å². The number of carbonyl (C=O) groups excluding carboxylic acids is 1. The van der Waals surface area contributed by atoms with Crippen molar-refractivity contribution in [2.75, 3.05) is 19.6 Å². The topological polar surface area (TPSA) is 64.6 Å². The molecule has 1 saturated heterocycles.